The van der Waals surface area contributed by atoms with Crippen molar-refractivity contribution in [1.82, 2.24) is 14.9 Å². The number of rotatable bonds is 8. The van der Waals surface area contributed by atoms with Gasteiger partial charge in [-0.1, -0.05) is 12.1 Å². The number of pyridine rings is 2. The quantitative estimate of drug-likeness (QED) is 0.472. The fourth-order valence-corrected chi connectivity index (χ4v) is 4.75. The van der Waals surface area contributed by atoms with Crippen molar-refractivity contribution in [3.05, 3.63) is 53.7 Å². The molecule has 1 aliphatic carbocycles. The van der Waals surface area contributed by atoms with E-state index in [0.717, 1.165) is 37.8 Å². The molecule has 3 N–H and O–H groups in total. The van der Waals surface area contributed by atoms with Gasteiger partial charge in [-0.05, 0) is 76.9 Å². The van der Waals surface area contributed by atoms with Crippen LogP contribution in [-0.2, 0) is 4.74 Å². The van der Waals surface area contributed by atoms with Gasteiger partial charge in [0.1, 0.15) is 11.1 Å². The number of ether oxygens (including phenoxy) is 1. The summed E-state index contributed by atoms with van der Waals surface area (Å²) in [6.07, 6.45) is 5.90. The molecule has 1 amide bonds. The third-order valence-electron chi connectivity index (χ3n) is 6.49. The van der Waals surface area contributed by atoms with Crippen molar-refractivity contribution in [2.75, 3.05) is 32.6 Å². The predicted octanol–water partition coefficient (Wildman–Crippen LogP) is 4.10. The Bertz CT molecular complexity index is 1200. The van der Waals surface area contributed by atoms with E-state index in [9.17, 15) is 9.59 Å². The molecule has 2 heterocycles. The first-order chi connectivity index (χ1) is 16.9. The number of hydrogen-bond acceptors (Lipinski definition) is 7. The van der Waals surface area contributed by atoms with Crippen LogP contribution in [-0.4, -0.2) is 60.0 Å². The van der Waals surface area contributed by atoms with Crippen molar-refractivity contribution >= 4 is 28.6 Å². The highest BCUT2D eigenvalue weighted by Crippen LogP contribution is 2.32. The number of aromatic nitrogens is 2. The topological polar surface area (TPSA) is 110 Å². The molecule has 8 nitrogen and oxygen atoms in total. The zero-order valence-corrected chi connectivity index (χ0v) is 20.6. The second-order valence-electron chi connectivity index (χ2n) is 9.40. The van der Waals surface area contributed by atoms with Crippen LogP contribution in [0.2, 0.25) is 0 Å². The molecule has 184 valence electrons. The minimum atomic E-state index is -0.474. The molecule has 2 aromatic heterocycles. The Kier molecular flexibility index (Phi) is 7.60. The Morgan fingerprint density at radius 3 is 2.43 bits per heavy atom. The van der Waals surface area contributed by atoms with Crippen molar-refractivity contribution in [3.63, 3.8) is 0 Å². The molecule has 0 unspecified atom stereocenters. The Morgan fingerprint density at radius 2 is 1.80 bits per heavy atom. The monoisotopic (exact) mass is 475 g/mol. The lowest BCUT2D eigenvalue weighted by Gasteiger charge is -2.31. The van der Waals surface area contributed by atoms with E-state index in [1.165, 1.54) is 0 Å². The van der Waals surface area contributed by atoms with Crippen LogP contribution in [0.4, 0.5) is 5.69 Å². The van der Waals surface area contributed by atoms with E-state index in [1.54, 1.807) is 25.3 Å². The number of nitrogens with zero attached hydrogens (tertiary/aromatic N) is 3. The highest BCUT2D eigenvalue weighted by molar-refractivity contribution is 6.04. The molecule has 0 saturated heterocycles. The summed E-state index contributed by atoms with van der Waals surface area (Å²) in [7, 11) is 4.23. The third kappa shape index (κ3) is 5.77. The number of esters is 1. The minimum Gasteiger partial charge on any atom is -0.462 e. The van der Waals surface area contributed by atoms with Gasteiger partial charge in [0.25, 0.3) is 0 Å². The molecule has 4 rings (SSSR count). The Labute approximate surface area is 205 Å². The summed E-state index contributed by atoms with van der Waals surface area (Å²) in [4.78, 5) is 35.8. The fourth-order valence-electron chi connectivity index (χ4n) is 4.75. The van der Waals surface area contributed by atoms with Gasteiger partial charge in [-0.2, -0.15) is 0 Å². The zero-order valence-electron chi connectivity index (χ0n) is 20.6. The second kappa shape index (κ2) is 10.8. The van der Waals surface area contributed by atoms with Gasteiger partial charge in [-0.3, -0.25) is 9.78 Å². The van der Waals surface area contributed by atoms with Crippen molar-refractivity contribution in [2.45, 2.75) is 38.6 Å². The predicted molar refractivity (Wildman–Crippen MR) is 137 cm³/mol. The average molecular weight is 476 g/mol. The van der Waals surface area contributed by atoms with Crippen LogP contribution in [0.15, 0.2) is 42.6 Å². The fraction of sp³-hybridized carbons (Fsp3) is 0.407. The number of carbonyl (C=O) groups is 2. The Morgan fingerprint density at radius 1 is 1.09 bits per heavy atom. The van der Waals surface area contributed by atoms with E-state index in [1.807, 2.05) is 24.3 Å². The van der Waals surface area contributed by atoms with E-state index >= 15 is 0 Å². The maximum Gasteiger partial charge on any atom is 0.341 e. The minimum absolute atomic E-state index is 0.243. The number of fused-ring (bicyclic) bond motifs is 1. The number of primary amides is 1. The first-order valence-electron chi connectivity index (χ1n) is 12.1. The number of hydrogen-bond donors (Lipinski definition) is 2. The number of benzene rings is 1. The molecule has 1 aliphatic rings. The molecule has 1 aromatic carbocycles. The van der Waals surface area contributed by atoms with E-state index in [-0.39, 0.29) is 12.6 Å². The van der Waals surface area contributed by atoms with Crippen LogP contribution in [0, 0.1) is 5.92 Å². The molecule has 0 aliphatic heterocycles. The molecule has 8 heteroatoms. The summed E-state index contributed by atoms with van der Waals surface area (Å²) in [5, 5.41) is 3.63. The lowest BCUT2D eigenvalue weighted by Crippen LogP contribution is -2.31. The molecule has 1 fully saturated rings. The summed E-state index contributed by atoms with van der Waals surface area (Å²) in [5.74, 6) is -0.198. The van der Waals surface area contributed by atoms with E-state index in [2.05, 4.69) is 29.3 Å². The zero-order chi connectivity index (χ0) is 24.9. The molecular weight excluding hydrogens is 442 g/mol. The SMILES string of the molecule is CCOC(=O)c1cnc2ccc(-c3ccc(C(N)=O)cc3)nc2c1NC1CCC(CN(C)C)CC1. The summed E-state index contributed by atoms with van der Waals surface area (Å²) in [6.45, 7) is 3.17. The number of anilines is 1. The standard InChI is InChI=1S/C27H33N5O3/c1-4-35-27(34)21-15-29-23-14-13-22(18-7-9-19(10-8-18)26(28)33)31-25(23)24(21)30-20-11-5-17(6-12-20)16-32(2)3/h7-10,13-15,17,20H,4-6,11-12,16H2,1-3H3,(H2,28,33)(H,29,30). The lowest BCUT2D eigenvalue weighted by molar-refractivity contribution is 0.0527. The summed E-state index contributed by atoms with van der Waals surface area (Å²) < 4.78 is 5.32. The molecule has 3 aromatic rings. The number of amides is 1. The summed E-state index contributed by atoms with van der Waals surface area (Å²) >= 11 is 0. The third-order valence-corrected chi connectivity index (χ3v) is 6.49. The van der Waals surface area contributed by atoms with Gasteiger partial charge >= 0.3 is 5.97 Å². The van der Waals surface area contributed by atoms with Crippen LogP contribution < -0.4 is 11.1 Å². The van der Waals surface area contributed by atoms with Crippen LogP contribution in [0.25, 0.3) is 22.3 Å². The van der Waals surface area contributed by atoms with Gasteiger partial charge in [0.15, 0.2) is 0 Å². The molecule has 0 bridgehead atoms. The maximum atomic E-state index is 12.8. The van der Waals surface area contributed by atoms with Gasteiger partial charge < -0.3 is 20.7 Å². The number of nitrogens with one attached hydrogen (secondary N) is 1. The second-order valence-corrected chi connectivity index (χ2v) is 9.40. The normalized spacial score (nSPS) is 17.9. The lowest BCUT2D eigenvalue weighted by atomic mass is 9.85. The van der Waals surface area contributed by atoms with Crippen molar-refractivity contribution in [3.8, 4) is 11.3 Å². The molecule has 0 atom stereocenters. The van der Waals surface area contributed by atoms with Crippen LogP contribution >= 0.6 is 0 Å². The first-order valence-corrected chi connectivity index (χ1v) is 12.1. The molecule has 0 spiro atoms. The Balaban J connectivity index is 1.69. The van der Waals surface area contributed by atoms with Crippen LogP contribution in [0.3, 0.4) is 0 Å². The number of carbonyl (C=O) groups excluding carboxylic acids is 2. The van der Waals surface area contributed by atoms with Gasteiger partial charge in [-0.25, -0.2) is 9.78 Å². The maximum absolute atomic E-state index is 12.8. The van der Waals surface area contributed by atoms with E-state index in [4.69, 9.17) is 15.5 Å². The van der Waals surface area contributed by atoms with Gasteiger partial charge in [0.05, 0.1) is 23.5 Å². The molecule has 0 radical (unpaired) electrons. The van der Waals surface area contributed by atoms with E-state index in [0.29, 0.717) is 39.5 Å². The summed E-state index contributed by atoms with van der Waals surface area (Å²) in [5.41, 5.74) is 9.75. The largest absolute Gasteiger partial charge is 0.462 e. The highest BCUT2D eigenvalue weighted by atomic mass is 16.5. The van der Waals surface area contributed by atoms with Crippen molar-refractivity contribution < 1.29 is 14.3 Å². The molecule has 35 heavy (non-hydrogen) atoms. The van der Waals surface area contributed by atoms with Gasteiger partial charge in [0, 0.05) is 29.9 Å². The van der Waals surface area contributed by atoms with Crippen LogP contribution in [0.1, 0.15) is 53.3 Å². The first kappa shape index (κ1) is 24.6. The van der Waals surface area contributed by atoms with Crippen molar-refractivity contribution in [1.29, 1.82) is 0 Å². The molecule has 1 saturated carbocycles. The van der Waals surface area contributed by atoms with E-state index < -0.39 is 11.9 Å². The van der Waals surface area contributed by atoms with Crippen molar-refractivity contribution in [2.24, 2.45) is 11.7 Å². The van der Waals surface area contributed by atoms with Crippen LogP contribution in [0.5, 0.6) is 0 Å². The Hall–Kier alpha value is -3.52. The van der Waals surface area contributed by atoms with Gasteiger partial charge in [-0.15, -0.1) is 0 Å². The average Bonchev–Trinajstić information content (AvgIpc) is 2.85. The summed E-state index contributed by atoms with van der Waals surface area (Å²) in [6, 6.07) is 11.0. The highest BCUT2D eigenvalue weighted by Gasteiger charge is 2.25. The molecular formula is C27H33N5O3. The number of nitrogens with two attached hydrogens (primary N) is 1. The smallest absolute Gasteiger partial charge is 0.341 e. The van der Waals surface area contributed by atoms with Gasteiger partial charge in [0.2, 0.25) is 5.91 Å².